The van der Waals surface area contributed by atoms with Crippen molar-refractivity contribution >= 4 is 16.6 Å². The Morgan fingerprint density at radius 1 is 0.514 bits per heavy atom. The molecule has 0 aliphatic carbocycles. The molecule has 2 heterocycles. The van der Waals surface area contributed by atoms with Crippen LogP contribution in [-0.2, 0) is 50.5 Å². The summed E-state index contributed by atoms with van der Waals surface area (Å²) in [6, 6.07) is 15.4. The molecule has 0 radical (unpaired) electrons. The Morgan fingerprint density at radius 2 is 0.784 bits per heavy atom. The van der Waals surface area contributed by atoms with Crippen LogP contribution in [0, 0.1) is 10.8 Å². The smallest absolute Gasteiger partial charge is 0.200 e. The van der Waals surface area contributed by atoms with Crippen molar-refractivity contribution in [2.24, 2.45) is 10.8 Å². The zero-order valence-electron chi connectivity index (χ0n) is 49.8. The van der Waals surface area contributed by atoms with E-state index in [2.05, 4.69) is 83.1 Å². The minimum atomic E-state index is -2.18. The lowest BCUT2D eigenvalue weighted by Crippen LogP contribution is -2.62. The molecule has 0 aromatic heterocycles. The number of aliphatic hydroxyl groups excluding tert-OH is 2. The third kappa shape index (κ3) is 13.3. The van der Waals surface area contributed by atoms with E-state index in [1.807, 2.05) is 76.2 Å². The van der Waals surface area contributed by atoms with Gasteiger partial charge < -0.3 is 67.2 Å². The molecule has 2 aromatic carbocycles. The predicted molar refractivity (Wildman–Crippen MR) is 299 cm³/mol. The van der Waals surface area contributed by atoms with E-state index in [1.165, 1.54) is 0 Å². The highest BCUT2D eigenvalue weighted by Gasteiger charge is 2.67. The van der Waals surface area contributed by atoms with E-state index in [0.717, 1.165) is 22.6 Å². The molecule has 0 saturated carbocycles. The summed E-state index contributed by atoms with van der Waals surface area (Å²) in [5.41, 5.74) is -0.748. The number of aliphatic hydroxyl groups is 4. The Kier molecular flexibility index (Phi) is 24.8. The molecule has 12 atom stereocenters. The Balaban J connectivity index is 0.000000390. The van der Waals surface area contributed by atoms with E-state index in [4.69, 9.17) is 46.7 Å². The summed E-state index contributed by atoms with van der Waals surface area (Å²) in [5, 5.41) is 45.3. The first-order valence-electron chi connectivity index (χ1n) is 27.4. The molecule has 0 spiro atoms. The molecule has 16 heteroatoms. The van der Waals surface area contributed by atoms with Crippen LogP contribution >= 0.6 is 0 Å². The summed E-state index contributed by atoms with van der Waals surface area (Å²) in [7, 11) is 2.05. The van der Waals surface area contributed by atoms with E-state index in [9.17, 15) is 20.4 Å². The second-order valence-corrected chi connectivity index (χ2v) is 34.5. The van der Waals surface area contributed by atoms with Crippen LogP contribution < -0.4 is 9.47 Å². The van der Waals surface area contributed by atoms with Gasteiger partial charge in [0.05, 0.1) is 75.9 Å². The predicted octanol–water partition coefficient (Wildman–Crippen LogP) is 11.3. The fraction of sp³-hybridized carbons (Fsp3) is 0.793. The van der Waals surface area contributed by atoms with Gasteiger partial charge in [0.1, 0.15) is 34.9 Å². The van der Waals surface area contributed by atoms with Crippen LogP contribution in [0.5, 0.6) is 11.5 Å². The van der Waals surface area contributed by atoms with Crippen molar-refractivity contribution in [1.29, 1.82) is 0 Å². The summed E-state index contributed by atoms with van der Waals surface area (Å²) in [5.74, 6) is 1.55. The van der Waals surface area contributed by atoms with Crippen LogP contribution in [0.1, 0.15) is 149 Å². The van der Waals surface area contributed by atoms with Crippen LogP contribution in [0.3, 0.4) is 0 Å². The molecule has 0 bridgehead atoms. The second kappa shape index (κ2) is 27.7. The molecular formula is C58H104O14Si2. The minimum absolute atomic E-state index is 0.306. The number of rotatable bonds is 28. The van der Waals surface area contributed by atoms with Crippen molar-refractivity contribution in [1.82, 2.24) is 0 Å². The van der Waals surface area contributed by atoms with Gasteiger partial charge in [-0.15, -0.1) is 0 Å². The van der Waals surface area contributed by atoms with Gasteiger partial charge >= 0.3 is 0 Å². The van der Waals surface area contributed by atoms with Gasteiger partial charge in [-0.05, 0) is 109 Å². The molecule has 2 aliphatic heterocycles. The Bertz CT molecular complexity index is 1750. The summed E-state index contributed by atoms with van der Waals surface area (Å²) in [4.78, 5) is 0. The Labute approximate surface area is 450 Å². The summed E-state index contributed by atoms with van der Waals surface area (Å²) in [6.07, 6.45) is -4.91. The van der Waals surface area contributed by atoms with Gasteiger partial charge in [-0.1, -0.05) is 121 Å². The van der Waals surface area contributed by atoms with Crippen molar-refractivity contribution in [2.75, 3.05) is 41.7 Å². The second-order valence-electron chi connectivity index (χ2n) is 23.6. The molecule has 4 rings (SSSR count). The molecule has 428 valence electrons. The molecule has 74 heavy (non-hydrogen) atoms. The van der Waals surface area contributed by atoms with Gasteiger partial charge in [0, 0.05) is 14.2 Å². The Hall–Kier alpha value is -2.01. The minimum Gasteiger partial charge on any atom is -0.497 e. The number of hydrogen-bond acceptors (Lipinski definition) is 14. The van der Waals surface area contributed by atoms with Gasteiger partial charge in [0.2, 0.25) is 0 Å². The molecule has 4 N–H and O–H groups in total. The van der Waals surface area contributed by atoms with Gasteiger partial charge in [0.25, 0.3) is 0 Å². The van der Waals surface area contributed by atoms with E-state index < -0.39 is 87.9 Å². The monoisotopic (exact) mass is 1080 g/mol. The fourth-order valence-corrected chi connectivity index (χ4v) is 23.9. The SMILES string of the molecule is CC[C@@H](O)[C@](C)(O)[C@]1(C)[C@@H](OC)O[C@H](CO[Si](C(C)C)(C(C)C)C(C)C)[C@@H]1OCc1ccc(OC)cc1.CC[C@@H](O)[C@](C)(O)[C@]1(C)[C@H](OC)O[C@H](CO[Si](C(C)C)(C(C)C)C(C)C)[C@@H]1OCc1ccc(OC)cc1. The molecule has 2 saturated heterocycles. The number of benzene rings is 2. The third-order valence-electron chi connectivity index (χ3n) is 17.7. The van der Waals surface area contributed by atoms with Crippen LogP contribution in [-0.4, -0.2) is 139 Å². The molecule has 0 unspecified atom stereocenters. The zero-order chi connectivity index (χ0) is 56.4. The molecule has 2 aromatic rings. The van der Waals surface area contributed by atoms with Crippen LogP contribution in [0.4, 0.5) is 0 Å². The summed E-state index contributed by atoms with van der Waals surface area (Å²) in [6.45, 7) is 39.1. The van der Waals surface area contributed by atoms with Crippen molar-refractivity contribution in [2.45, 2.75) is 244 Å². The first-order valence-corrected chi connectivity index (χ1v) is 31.7. The van der Waals surface area contributed by atoms with Crippen molar-refractivity contribution in [3.05, 3.63) is 59.7 Å². The van der Waals surface area contributed by atoms with Crippen molar-refractivity contribution < 1.29 is 67.2 Å². The number of ether oxygens (including phenoxy) is 8. The van der Waals surface area contributed by atoms with E-state index in [-0.39, 0.29) is 0 Å². The zero-order valence-corrected chi connectivity index (χ0v) is 51.8. The van der Waals surface area contributed by atoms with Crippen molar-refractivity contribution in [3.8, 4) is 11.5 Å². The maximum absolute atomic E-state index is 11.8. The lowest BCUT2D eigenvalue weighted by molar-refractivity contribution is -0.242. The lowest BCUT2D eigenvalue weighted by atomic mass is 9.66. The van der Waals surface area contributed by atoms with Gasteiger partial charge in [-0.2, -0.15) is 0 Å². The fourth-order valence-electron chi connectivity index (χ4n) is 13.0. The number of hydrogen-bond donors (Lipinski definition) is 4. The largest absolute Gasteiger partial charge is 0.497 e. The molecule has 2 fully saturated rings. The van der Waals surface area contributed by atoms with Gasteiger partial charge in [0.15, 0.2) is 29.2 Å². The average Bonchev–Trinajstić information content (AvgIpc) is 3.81. The molecular weight excluding hydrogens is 977 g/mol. The highest BCUT2D eigenvalue weighted by Crippen LogP contribution is 2.54. The Morgan fingerprint density at radius 3 is 1.00 bits per heavy atom. The van der Waals surface area contributed by atoms with Gasteiger partial charge in [-0.3, -0.25) is 0 Å². The summed E-state index contributed by atoms with van der Waals surface area (Å²) >= 11 is 0. The molecule has 0 amide bonds. The van der Waals surface area contributed by atoms with Crippen molar-refractivity contribution in [3.63, 3.8) is 0 Å². The number of methoxy groups -OCH3 is 4. The molecule has 2 aliphatic rings. The van der Waals surface area contributed by atoms with E-state index >= 15 is 0 Å². The first kappa shape index (κ1) is 66.3. The molecule has 14 nitrogen and oxygen atoms in total. The standard InChI is InChI=1S/2C29H52O7Si/c2*1-12-25(30)29(9,31)28(8)26(34-17-22-13-15-23(32-10)16-14-22)24(36-27(28)33-11)18-35-37(19(2)3,20(4)5)21(6)7/h2*13-16,19-21,24-27,30-31H,12,17-18H2,1-11H3/t24-,25-,26+,27+,28+,29+;24-,25-,26+,27-,28+,29+/m11/s1. The summed E-state index contributed by atoms with van der Waals surface area (Å²) < 4.78 is 62.0. The normalized spacial score (nSPS) is 27.2. The van der Waals surface area contributed by atoms with Gasteiger partial charge in [-0.25, -0.2) is 0 Å². The van der Waals surface area contributed by atoms with E-state index in [0.29, 0.717) is 72.5 Å². The first-order chi connectivity index (χ1) is 34.5. The van der Waals surface area contributed by atoms with E-state index in [1.54, 1.807) is 42.3 Å². The van der Waals surface area contributed by atoms with Crippen LogP contribution in [0.2, 0.25) is 33.2 Å². The van der Waals surface area contributed by atoms with Crippen LogP contribution in [0.15, 0.2) is 48.5 Å². The topological polar surface area (TPSA) is 173 Å². The maximum Gasteiger partial charge on any atom is 0.200 e. The third-order valence-corrected chi connectivity index (χ3v) is 29.9. The maximum atomic E-state index is 11.8. The lowest BCUT2D eigenvalue weighted by Gasteiger charge is -2.48. The van der Waals surface area contributed by atoms with Crippen LogP contribution in [0.25, 0.3) is 0 Å². The average molecular weight is 1080 g/mol. The quantitative estimate of drug-likeness (QED) is 0.0593. The highest BCUT2D eigenvalue weighted by atomic mass is 28.4. The highest BCUT2D eigenvalue weighted by molar-refractivity contribution is 6.78.